The van der Waals surface area contributed by atoms with Gasteiger partial charge in [-0.3, -0.25) is 4.57 Å². The molecule has 0 amide bonds. The highest BCUT2D eigenvalue weighted by atomic mass is 31.2. The summed E-state index contributed by atoms with van der Waals surface area (Å²) in [6.45, 7) is 0. The second kappa shape index (κ2) is 2.82. The molecular weight excluding hydrogens is 151 g/mol. The lowest BCUT2D eigenvalue weighted by atomic mass is 11.4. The van der Waals surface area contributed by atoms with E-state index in [2.05, 4.69) is 4.74 Å². The van der Waals surface area contributed by atoms with Gasteiger partial charge in [0.15, 0.2) is 6.35 Å². The third kappa shape index (κ3) is 7.42. The van der Waals surface area contributed by atoms with Crippen molar-refractivity contribution in [3.63, 3.8) is 0 Å². The van der Waals surface area contributed by atoms with Crippen LogP contribution in [0.1, 0.15) is 0 Å². The molecular formula is C2H5O6P. The molecule has 0 atom stereocenters. The number of hydrogen-bond donors (Lipinski definition) is 3. The number of rotatable bonds is 2. The van der Waals surface area contributed by atoms with Gasteiger partial charge >= 0.3 is 13.8 Å². The highest BCUT2D eigenvalue weighted by molar-refractivity contribution is 7.51. The molecule has 0 bridgehead atoms. The van der Waals surface area contributed by atoms with Crippen molar-refractivity contribution in [3.8, 4) is 0 Å². The second-order valence-electron chi connectivity index (χ2n) is 1.20. The van der Waals surface area contributed by atoms with Crippen molar-refractivity contribution in [1.29, 1.82) is 0 Å². The topological polar surface area (TPSA) is 104 Å². The van der Waals surface area contributed by atoms with Crippen molar-refractivity contribution in [2.24, 2.45) is 0 Å². The van der Waals surface area contributed by atoms with Crippen LogP contribution in [0.3, 0.4) is 0 Å². The lowest BCUT2D eigenvalue weighted by molar-refractivity contribution is 0.101. The predicted molar refractivity (Wildman–Crippen MR) is 26.0 cm³/mol. The first kappa shape index (κ1) is 8.42. The second-order valence-corrected chi connectivity index (χ2v) is 2.79. The minimum Gasteiger partial charge on any atom is -0.450 e. The molecule has 0 aliphatic rings. The van der Waals surface area contributed by atoms with Crippen LogP contribution in [0.15, 0.2) is 0 Å². The largest absolute Gasteiger partial charge is 0.506 e. The molecule has 0 aromatic heterocycles. The fourth-order valence-electron chi connectivity index (χ4n) is 0.139. The van der Waals surface area contributed by atoms with E-state index < -0.39 is 20.1 Å². The molecule has 0 saturated carbocycles. The molecule has 0 aliphatic carbocycles. The number of carbonyl (C=O) groups is 1. The molecule has 0 rings (SSSR count). The molecule has 0 unspecified atom stereocenters. The van der Waals surface area contributed by atoms with Crippen LogP contribution in [0, 0.1) is 0 Å². The molecule has 0 spiro atoms. The van der Waals surface area contributed by atoms with Gasteiger partial charge in [0.05, 0.1) is 0 Å². The van der Waals surface area contributed by atoms with Gasteiger partial charge < -0.3 is 19.6 Å². The van der Waals surface area contributed by atoms with Crippen molar-refractivity contribution in [2.45, 2.75) is 0 Å². The van der Waals surface area contributed by atoms with Crippen LogP contribution in [0.2, 0.25) is 0 Å². The van der Waals surface area contributed by atoms with Gasteiger partial charge in [-0.1, -0.05) is 0 Å². The molecule has 6 nitrogen and oxygen atoms in total. The van der Waals surface area contributed by atoms with Gasteiger partial charge in [-0.05, 0) is 0 Å². The number of hydrogen-bond acceptors (Lipinski definition) is 3. The molecule has 3 N–H and O–H groups in total. The molecule has 0 fully saturated rings. The van der Waals surface area contributed by atoms with E-state index in [4.69, 9.17) is 14.9 Å². The van der Waals surface area contributed by atoms with Gasteiger partial charge in [0.25, 0.3) is 0 Å². The van der Waals surface area contributed by atoms with Crippen molar-refractivity contribution in [1.82, 2.24) is 0 Å². The molecule has 0 radical (unpaired) electrons. The normalized spacial score (nSPS) is 10.9. The fourth-order valence-corrected chi connectivity index (χ4v) is 0.418. The van der Waals surface area contributed by atoms with Crippen molar-refractivity contribution in [3.05, 3.63) is 0 Å². The minimum atomic E-state index is -4.32. The van der Waals surface area contributed by atoms with Crippen molar-refractivity contribution >= 4 is 13.8 Å². The van der Waals surface area contributed by atoms with Gasteiger partial charge in [0, 0.05) is 0 Å². The first-order valence-corrected chi connectivity index (χ1v) is 3.62. The standard InChI is InChI=1S/C2H5O6P/c3-2(4)8-1-9(5,6)7/h1H2,(H,3,4)(H2,5,6,7). The summed E-state index contributed by atoms with van der Waals surface area (Å²) in [5.41, 5.74) is 0. The zero-order valence-electron chi connectivity index (χ0n) is 4.22. The van der Waals surface area contributed by atoms with Crippen LogP contribution < -0.4 is 0 Å². The Morgan fingerprint density at radius 2 is 2.00 bits per heavy atom. The van der Waals surface area contributed by atoms with Crippen LogP contribution >= 0.6 is 7.60 Å². The number of ether oxygens (including phenoxy) is 1. The first-order valence-electron chi connectivity index (χ1n) is 1.82. The quantitative estimate of drug-likeness (QED) is 0.378. The van der Waals surface area contributed by atoms with E-state index in [-0.39, 0.29) is 0 Å². The van der Waals surface area contributed by atoms with Crippen molar-refractivity contribution < 1.29 is 29.0 Å². The average Bonchev–Trinajstić information content (AvgIpc) is 1.59. The summed E-state index contributed by atoms with van der Waals surface area (Å²) in [6, 6.07) is 0. The van der Waals surface area contributed by atoms with Gasteiger partial charge in [0.2, 0.25) is 0 Å². The van der Waals surface area contributed by atoms with E-state index in [9.17, 15) is 9.36 Å². The van der Waals surface area contributed by atoms with E-state index in [1.807, 2.05) is 0 Å². The maximum absolute atomic E-state index is 9.84. The summed E-state index contributed by atoms with van der Waals surface area (Å²) in [4.78, 5) is 25.5. The zero-order chi connectivity index (χ0) is 7.49. The van der Waals surface area contributed by atoms with Crippen molar-refractivity contribution in [2.75, 3.05) is 6.35 Å². The number of carboxylic acid groups (broad SMARTS) is 1. The molecule has 9 heavy (non-hydrogen) atoms. The maximum Gasteiger partial charge on any atom is 0.506 e. The third-order valence-corrected chi connectivity index (χ3v) is 0.822. The Morgan fingerprint density at radius 3 is 2.11 bits per heavy atom. The average molecular weight is 156 g/mol. The summed E-state index contributed by atoms with van der Waals surface area (Å²) in [6.07, 6.45) is -2.78. The molecule has 7 heteroatoms. The van der Waals surface area contributed by atoms with Gasteiger partial charge in [-0.15, -0.1) is 0 Å². The maximum atomic E-state index is 9.84. The van der Waals surface area contributed by atoms with Gasteiger partial charge in [0.1, 0.15) is 0 Å². The van der Waals surface area contributed by atoms with Crippen LogP contribution in [-0.2, 0) is 9.30 Å². The zero-order valence-corrected chi connectivity index (χ0v) is 5.12. The lowest BCUT2D eigenvalue weighted by Gasteiger charge is -2.00. The van der Waals surface area contributed by atoms with Crippen LogP contribution in [0.5, 0.6) is 0 Å². The minimum absolute atomic E-state index is 1.08. The Balaban J connectivity index is 3.53. The molecule has 54 valence electrons. The van der Waals surface area contributed by atoms with E-state index in [0.717, 1.165) is 0 Å². The van der Waals surface area contributed by atoms with Crippen LogP contribution in [0.4, 0.5) is 4.79 Å². The Labute approximate surface area is 50.2 Å². The molecule has 0 aromatic carbocycles. The highest BCUT2D eigenvalue weighted by Crippen LogP contribution is 2.33. The Kier molecular flexibility index (Phi) is 2.64. The van der Waals surface area contributed by atoms with Gasteiger partial charge in [-0.25, -0.2) is 4.79 Å². The SMILES string of the molecule is O=C(O)OCP(=O)(O)O. The van der Waals surface area contributed by atoms with E-state index in [0.29, 0.717) is 0 Å². The summed E-state index contributed by atoms with van der Waals surface area (Å²) < 4.78 is 13.4. The van der Waals surface area contributed by atoms with E-state index in [1.165, 1.54) is 0 Å². The predicted octanol–water partition coefficient (Wildman–Crippen LogP) is -0.184. The summed E-state index contributed by atoms with van der Waals surface area (Å²) in [7, 11) is -4.32. The fraction of sp³-hybridized carbons (Fsp3) is 0.500. The van der Waals surface area contributed by atoms with E-state index in [1.54, 1.807) is 0 Å². The van der Waals surface area contributed by atoms with Gasteiger partial charge in [-0.2, -0.15) is 0 Å². The Morgan fingerprint density at radius 1 is 1.56 bits per heavy atom. The first-order chi connectivity index (χ1) is 3.92. The Bertz CT molecular complexity index is 145. The highest BCUT2D eigenvalue weighted by Gasteiger charge is 2.14. The monoisotopic (exact) mass is 156 g/mol. The smallest absolute Gasteiger partial charge is 0.450 e. The lowest BCUT2D eigenvalue weighted by Crippen LogP contribution is -2.01. The molecule has 0 heterocycles. The Hall–Kier alpha value is -0.580. The summed E-state index contributed by atoms with van der Waals surface area (Å²) >= 11 is 0. The summed E-state index contributed by atoms with van der Waals surface area (Å²) in [5.74, 6) is 0. The van der Waals surface area contributed by atoms with Crippen LogP contribution in [0.25, 0.3) is 0 Å². The molecule has 0 aromatic rings. The van der Waals surface area contributed by atoms with Crippen LogP contribution in [-0.4, -0.2) is 27.4 Å². The summed E-state index contributed by atoms with van der Waals surface area (Å²) in [5, 5.41) is 7.71. The third-order valence-electron chi connectivity index (χ3n) is 0.356. The van der Waals surface area contributed by atoms with E-state index >= 15 is 0 Å². The molecule has 0 aliphatic heterocycles. The molecule has 0 saturated heterocycles.